The van der Waals surface area contributed by atoms with Crippen molar-refractivity contribution in [3.8, 4) is 5.69 Å². The maximum absolute atomic E-state index is 12.5. The molecular formula is C18H24N4O2. The Morgan fingerprint density at radius 1 is 1.46 bits per heavy atom. The van der Waals surface area contributed by atoms with Crippen LogP contribution in [-0.4, -0.2) is 45.5 Å². The molecule has 1 saturated heterocycles. The van der Waals surface area contributed by atoms with E-state index >= 15 is 0 Å². The topological polar surface area (TPSA) is 70.4 Å². The molecule has 0 aliphatic carbocycles. The number of aliphatic hydroxyl groups is 1. The molecule has 6 heteroatoms. The van der Waals surface area contributed by atoms with E-state index in [1.165, 1.54) is 0 Å². The number of nitrogens with zero attached hydrogens (tertiary/aromatic N) is 3. The van der Waals surface area contributed by atoms with Crippen molar-refractivity contribution in [2.24, 2.45) is 5.92 Å². The van der Waals surface area contributed by atoms with Crippen molar-refractivity contribution in [2.45, 2.75) is 25.8 Å². The van der Waals surface area contributed by atoms with Gasteiger partial charge in [-0.3, -0.25) is 0 Å². The SMILES string of the molecule is C[C@@H](NC(=O)N1CCC[C@H](CO)C1)c1cccc(-n2cccn2)c1. The van der Waals surface area contributed by atoms with Gasteiger partial charge in [0, 0.05) is 32.1 Å². The molecule has 0 bridgehead atoms. The van der Waals surface area contributed by atoms with E-state index in [2.05, 4.69) is 10.4 Å². The number of benzene rings is 1. The molecule has 1 aliphatic heterocycles. The van der Waals surface area contributed by atoms with Crippen molar-refractivity contribution in [3.63, 3.8) is 0 Å². The summed E-state index contributed by atoms with van der Waals surface area (Å²) in [5.74, 6) is 0.197. The lowest BCUT2D eigenvalue weighted by atomic mass is 9.99. The van der Waals surface area contributed by atoms with Crippen molar-refractivity contribution in [3.05, 3.63) is 48.3 Å². The molecule has 2 atom stereocenters. The first-order chi connectivity index (χ1) is 11.7. The number of hydrogen-bond acceptors (Lipinski definition) is 3. The summed E-state index contributed by atoms with van der Waals surface area (Å²) >= 11 is 0. The molecule has 2 heterocycles. The first-order valence-corrected chi connectivity index (χ1v) is 8.43. The fraction of sp³-hybridized carbons (Fsp3) is 0.444. The number of amides is 2. The number of piperidine rings is 1. The summed E-state index contributed by atoms with van der Waals surface area (Å²) in [5.41, 5.74) is 2.00. The molecule has 1 aliphatic rings. The van der Waals surface area contributed by atoms with Gasteiger partial charge < -0.3 is 15.3 Å². The van der Waals surface area contributed by atoms with E-state index in [-0.39, 0.29) is 24.6 Å². The van der Waals surface area contributed by atoms with E-state index in [0.29, 0.717) is 6.54 Å². The summed E-state index contributed by atoms with van der Waals surface area (Å²) in [6.07, 6.45) is 5.57. The minimum Gasteiger partial charge on any atom is -0.396 e. The molecule has 6 nitrogen and oxygen atoms in total. The summed E-state index contributed by atoms with van der Waals surface area (Å²) in [7, 11) is 0. The zero-order valence-corrected chi connectivity index (χ0v) is 13.9. The number of carbonyl (C=O) groups excluding carboxylic acids is 1. The number of aromatic nitrogens is 2. The highest BCUT2D eigenvalue weighted by molar-refractivity contribution is 5.74. The van der Waals surface area contributed by atoms with Crippen LogP contribution in [0.1, 0.15) is 31.4 Å². The second kappa shape index (κ2) is 7.49. The van der Waals surface area contributed by atoms with Gasteiger partial charge in [-0.25, -0.2) is 9.48 Å². The molecule has 0 unspecified atom stereocenters. The molecule has 2 amide bonds. The van der Waals surface area contributed by atoms with Gasteiger partial charge in [-0.15, -0.1) is 0 Å². The van der Waals surface area contributed by atoms with E-state index in [0.717, 1.165) is 30.6 Å². The van der Waals surface area contributed by atoms with Gasteiger partial charge in [0.15, 0.2) is 0 Å². The molecule has 2 aromatic rings. The summed E-state index contributed by atoms with van der Waals surface area (Å²) < 4.78 is 1.80. The lowest BCUT2D eigenvalue weighted by Gasteiger charge is -2.32. The van der Waals surface area contributed by atoms with Gasteiger partial charge in [-0.05, 0) is 49.4 Å². The van der Waals surface area contributed by atoms with Crippen LogP contribution in [0, 0.1) is 5.92 Å². The molecule has 128 valence electrons. The lowest BCUT2D eigenvalue weighted by molar-refractivity contribution is 0.128. The molecule has 2 N–H and O–H groups in total. The van der Waals surface area contributed by atoms with E-state index in [1.807, 2.05) is 43.5 Å². The highest BCUT2D eigenvalue weighted by atomic mass is 16.3. The van der Waals surface area contributed by atoms with Gasteiger partial charge >= 0.3 is 6.03 Å². The number of nitrogens with one attached hydrogen (secondary N) is 1. The Balaban J connectivity index is 1.65. The zero-order valence-electron chi connectivity index (χ0n) is 13.9. The third-order valence-electron chi connectivity index (χ3n) is 4.54. The largest absolute Gasteiger partial charge is 0.396 e. The van der Waals surface area contributed by atoms with Crippen molar-refractivity contribution >= 4 is 6.03 Å². The lowest BCUT2D eigenvalue weighted by Crippen LogP contribution is -2.46. The van der Waals surface area contributed by atoms with Crippen LogP contribution >= 0.6 is 0 Å². The van der Waals surface area contributed by atoms with Gasteiger partial charge in [0.25, 0.3) is 0 Å². The predicted molar refractivity (Wildman–Crippen MR) is 91.9 cm³/mol. The second-order valence-electron chi connectivity index (χ2n) is 6.35. The fourth-order valence-corrected chi connectivity index (χ4v) is 3.12. The van der Waals surface area contributed by atoms with E-state index < -0.39 is 0 Å². The molecule has 3 rings (SSSR count). The summed E-state index contributed by atoms with van der Waals surface area (Å²) in [5, 5.41) is 16.6. The van der Waals surface area contributed by atoms with Gasteiger partial charge in [-0.1, -0.05) is 12.1 Å². The van der Waals surface area contributed by atoms with Gasteiger partial charge in [0.1, 0.15) is 0 Å². The zero-order chi connectivity index (χ0) is 16.9. The highest BCUT2D eigenvalue weighted by Crippen LogP contribution is 2.19. The fourth-order valence-electron chi connectivity index (χ4n) is 3.12. The minimum absolute atomic E-state index is 0.0647. The number of aliphatic hydroxyl groups excluding tert-OH is 1. The second-order valence-corrected chi connectivity index (χ2v) is 6.35. The standard InChI is InChI=1S/C18H24N4O2/c1-14(20-18(24)21-9-3-5-15(12-21)13-23)16-6-2-7-17(11-16)22-10-4-8-19-22/h2,4,6-8,10-11,14-15,23H,3,5,9,12-13H2,1H3,(H,20,24)/t14-,15+/m1/s1. The molecule has 0 spiro atoms. The van der Waals surface area contributed by atoms with Crippen molar-refractivity contribution in [2.75, 3.05) is 19.7 Å². The molecule has 1 aromatic carbocycles. The molecule has 24 heavy (non-hydrogen) atoms. The molecule has 1 fully saturated rings. The first kappa shape index (κ1) is 16.5. The maximum Gasteiger partial charge on any atom is 0.317 e. The normalized spacial score (nSPS) is 19.1. The Hall–Kier alpha value is -2.34. The third kappa shape index (κ3) is 3.76. The van der Waals surface area contributed by atoms with Crippen molar-refractivity contribution in [1.29, 1.82) is 0 Å². The van der Waals surface area contributed by atoms with Gasteiger partial charge in [0.2, 0.25) is 0 Å². The van der Waals surface area contributed by atoms with Crippen LogP contribution in [0.2, 0.25) is 0 Å². The van der Waals surface area contributed by atoms with Crippen LogP contribution in [-0.2, 0) is 0 Å². The van der Waals surface area contributed by atoms with Crippen molar-refractivity contribution in [1.82, 2.24) is 20.0 Å². The van der Waals surface area contributed by atoms with Crippen LogP contribution in [0.5, 0.6) is 0 Å². The van der Waals surface area contributed by atoms with E-state index in [1.54, 1.807) is 15.8 Å². The number of rotatable bonds is 4. The average molecular weight is 328 g/mol. The smallest absolute Gasteiger partial charge is 0.317 e. The predicted octanol–water partition coefficient (Wildman–Crippen LogP) is 2.35. The highest BCUT2D eigenvalue weighted by Gasteiger charge is 2.24. The Labute approximate surface area is 142 Å². The summed E-state index contributed by atoms with van der Waals surface area (Å²) in [4.78, 5) is 14.3. The minimum atomic E-state index is -0.0949. The van der Waals surface area contributed by atoms with E-state index in [4.69, 9.17) is 0 Å². The number of urea groups is 1. The molecule has 0 radical (unpaired) electrons. The maximum atomic E-state index is 12.5. The number of hydrogen-bond donors (Lipinski definition) is 2. The van der Waals surface area contributed by atoms with Crippen LogP contribution in [0.3, 0.4) is 0 Å². The number of likely N-dealkylation sites (tertiary alicyclic amines) is 1. The van der Waals surface area contributed by atoms with E-state index in [9.17, 15) is 9.90 Å². The van der Waals surface area contributed by atoms with Gasteiger partial charge in [-0.2, -0.15) is 5.10 Å². The monoisotopic (exact) mass is 328 g/mol. The Kier molecular flexibility index (Phi) is 5.15. The molecule has 1 aromatic heterocycles. The quantitative estimate of drug-likeness (QED) is 0.905. The molecular weight excluding hydrogens is 304 g/mol. The van der Waals surface area contributed by atoms with Crippen LogP contribution in [0.4, 0.5) is 4.79 Å². The van der Waals surface area contributed by atoms with Crippen LogP contribution in [0.25, 0.3) is 5.69 Å². The van der Waals surface area contributed by atoms with Gasteiger partial charge in [0.05, 0.1) is 11.7 Å². The Bertz CT molecular complexity index is 671. The van der Waals surface area contributed by atoms with Crippen LogP contribution < -0.4 is 5.32 Å². The molecule has 0 saturated carbocycles. The van der Waals surface area contributed by atoms with Crippen LogP contribution in [0.15, 0.2) is 42.7 Å². The summed E-state index contributed by atoms with van der Waals surface area (Å²) in [6, 6.07) is 9.72. The first-order valence-electron chi connectivity index (χ1n) is 8.43. The third-order valence-corrected chi connectivity index (χ3v) is 4.54. The Morgan fingerprint density at radius 3 is 3.08 bits per heavy atom. The van der Waals surface area contributed by atoms with Crippen molar-refractivity contribution < 1.29 is 9.90 Å². The number of carbonyl (C=O) groups is 1. The Morgan fingerprint density at radius 2 is 2.33 bits per heavy atom. The summed E-state index contributed by atoms with van der Waals surface area (Å²) in [6.45, 7) is 3.50. The average Bonchev–Trinajstić information content (AvgIpc) is 3.16.